The first-order valence-corrected chi connectivity index (χ1v) is 8.24. The van der Waals surface area contributed by atoms with Gasteiger partial charge in [0.2, 0.25) is 5.88 Å². The van der Waals surface area contributed by atoms with E-state index in [1.807, 2.05) is 0 Å². The van der Waals surface area contributed by atoms with Gasteiger partial charge in [-0.3, -0.25) is 4.79 Å². The molecule has 2 N–H and O–H groups in total. The van der Waals surface area contributed by atoms with Crippen LogP contribution in [0.4, 0.5) is 13.2 Å². The standard InChI is InChI=1S/C18H18F3N3O2.2ClH/c19-18(20,21)13-3-6-16(23-11-13)26-15-4-1-12(2-5-15)17(25)24-14-7-9-22-10-8-14;;/h1-6,11,14,22H,7-10H2,(H,24,25);2*1H. The quantitative estimate of drug-likeness (QED) is 0.751. The van der Waals surface area contributed by atoms with Crippen LogP contribution in [0.25, 0.3) is 0 Å². The molecule has 5 nitrogen and oxygen atoms in total. The van der Waals surface area contributed by atoms with E-state index in [1.54, 1.807) is 24.3 Å². The molecule has 1 aliphatic heterocycles. The van der Waals surface area contributed by atoms with Gasteiger partial charge in [0.25, 0.3) is 5.91 Å². The first-order valence-electron chi connectivity index (χ1n) is 8.24. The predicted molar refractivity (Wildman–Crippen MR) is 104 cm³/mol. The highest BCUT2D eigenvalue weighted by molar-refractivity contribution is 5.94. The zero-order valence-electron chi connectivity index (χ0n) is 14.7. The van der Waals surface area contributed by atoms with Crippen molar-refractivity contribution in [3.63, 3.8) is 0 Å². The summed E-state index contributed by atoms with van der Waals surface area (Å²) >= 11 is 0. The van der Waals surface area contributed by atoms with Crippen LogP contribution in [0.3, 0.4) is 0 Å². The van der Waals surface area contributed by atoms with Gasteiger partial charge in [0.15, 0.2) is 0 Å². The number of ether oxygens (including phenoxy) is 1. The number of halogens is 5. The second kappa shape index (κ2) is 10.5. The molecular weight excluding hydrogens is 418 g/mol. The Kier molecular flexibility index (Phi) is 9.00. The minimum atomic E-state index is -4.44. The van der Waals surface area contributed by atoms with Crippen LogP contribution in [0.1, 0.15) is 28.8 Å². The van der Waals surface area contributed by atoms with Crippen LogP contribution in [0.2, 0.25) is 0 Å². The third kappa shape index (κ3) is 6.54. The topological polar surface area (TPSA) is 63.2 Å². The lowest BCUT2D eigenvalue weighted by Gasteiger charge is -2.23. The molecule has 1 fully saturated rings. The van der Waals surface area contributed by atoms with Crippen molar-refractivity contribution in [2.24, 2.45) is 0 Å². The van der Waals surface area contributed by atoms with Crippen molar-refractivity contribution in [2.75, 3.05) is 13.1 Å². The maximum absolute atomic E-state index is 12.5. The van der Waals surface area contributed by atoms with Crippen molar-refractivity contribution in [3.8, 4) is 11.6 Å². The molecule has 1 saturated heterocycles. The van der Waals surface area contributed by atoms with Crippen LogP contribution >= 0.6 is 24.8 Å². The van der Waals surface area contributed by atoms with Gasteiger partial charge in [0, 0.05) is 23.9 Å². The molecule has 0 atom stereocenters. The molecule has 2 aromatic rings. The van der Waals surface area contributed by atoms with Gasteiger partial charge in [0.05, 0.1) is 5.56 Å². The first kappa shape index (κ1) is 24.0. The Bertz CT molecular complexity index is 750. The number of carbonyl (C=O) groups is 1. The summed E-state index contributed by atoms with van der Waals surface area (Å²) in [6, 6.07) is 8.60. The van der Waals surface area contributed by atoms with Crippen molar-refractivity contribution in [1.82, 2.24) is 15.6 Å². The zero-order valence-corrected chi connectivity index (χ0v) is 16.3. The second-order valence-electron chi connectivity index (χ2n) is 6.01. The van der Waals surface area contributed by atoms with Crippen molar-refractivity contribution < 1.29 is 22.7 Å². The average Bonchev–Trinajstić information content (AvgIpc) is 2.63. The lowest BCUT2D eigenvalue weighted by Crippen LogP contribution is -2.42. The fourth-order valence-corrected chi connectivity index (χ4v) is 2.64. The van der Waals surface area contributed by atoms with Crippen LogP contribution < -0.4 is 15.4 Å². The van der Waals surface area contributed by atoms with Crippen molar-refractivity contribution in [3.05, 3.63) is 53.7 Å². The number of carbonyl (C=O) groups excluding carboxylic acids is 1. The number of alkyl halides is 3. The molecule has 3 rings (SSSR count). The summed E-state index contributed by atoms with van der Waals surface area (Å²) in [6.07, 6.45) is -1.93. The second-order valence-corrected chi connectivity index (χ2v) is 6.01. The number of hydrogen-bond donors (Lipinski definition) is 2. The number of aromatic nitrogens is 1. The van der Waals surface area contributed by atoms with E-state index in [4.69, 9.17) is 4.74 Å². The van der Waals surface area contributed by atoms with Gasteiger partial charge in [0.1, 0.15) is 5.75 Å². The summed E-state index contributed by atoms with van der Waals surface area (Å²) < 4.78 is 42.9. The summed E-state index contributed by atoms with van der Waals surface area (Å²) in [4.78, 5) is 15.9. The first-order chi connectivity index (χ1) is 12.4. The third-order valence-electron chi connectivity index (χ3n) is 4.08. The van der Waals surface area contributed by atoms with E-state index in [1.165, 1.54) is 0 Å². The van der Waals surface area contributed by atoms with Gasteiger partial charge < -0.3 is 15.4 Å². The van der Waals surface area contributed by atoms with Gasteiger partial charge in [-0.15, -0.1) is 24.8 Å². The fourth-order valence-electron chi connectivity index (χ4n) is 2.64. The average molecular weight is 438 g/mol. The zero-order chi connectivity index (χ0) is 18.6. The van der Waals surface area contributed by atoms with Gasteiger partial charge in [-0.2, -0.15) is 13.2 Å². The molecule has 0 aliphatic carbocycles. The number of pyridine rings is 1. The number of nitrogens with zero attached hydrogens (tertiary/aromatic N) is 1. The molecule has 28 heavy (non-hydrogen) atoms. The highest BCUT2D eigenvalue weighted by atomic mass is 35.5. The molecule has 0 spiro atoms. The molecule has 2 heterocycles. The van der Waals surface area contributed by atoms with Crippen LogP contribution in [0.15, 0.2) is 42.6 Å². The van der Waals surface area contributed by atoms with Crippen molar-refractivity contribution in [1.29, 1.82) is 0 Å². The Morgan fingerprint density at radius 1 is 1.07 bits per heavy atom. The Labute approximate surface area is 172 Å². The summed E-state index contributed by atoms with van der Waals surface area (Å²) in [6.45, 7) is 1.77. The fraction of sp³-hybridized carbons (Fsp3) is 0.333. The van der Waals surface area contributed by atoms with Gasteiger partial charge in [-0.05, 0) is 56.3 Å². The van der Waals surface area contributed by atoms with Gasteiger partial charge >= 0.3 is 6.18 Å². The number of rotatable bonds is 4. The molecule has 154 valence electrons. The molecule has 0 radical (unpaired) electrons. The van der Waals surface area contributed by atoms with E-state index in [0.29, 0.717) is 11.3 Å². The van der Waals surface area contributed by atoms with Crippen molar-refractivity contribution >= 4 is 30.7 Å². The monoisotopic (exact) mass is 437 g/mol. The van der Waals surface area contributed by atoms with Crippen LogP contribution in [-0.4, -0.2) is 30.0 Å². The minimum Gasteiger partial charge on any atom is -0.439 e. The number of amides is 1. The predicted octanol–water partition coefficient (Wildman–Crippen LogP) is 4.22. The summed E-state index contributed by atoms with van der Waals surface area (Å²) in [5, 5.41) is 6.22. The van der Waals surface area contributed by atoms with Gasteiger partial charge in [-0.1, -0.05) is 0 Å². The molecule has 1 aromatic carbocycles. The van der Waals surface area contributed by atoms with E-state index in [9.17, 15) is 18.0 Å². The normalized spacial score (nSPS) is 14.4. The molecule has 1 aromatic heterocycles. The Morgan fingerprint density at radius 3 is 2.25 bits per heavy atom. The molecule has 0 bridgehead atoms. The molecule has 1 aliphatic rings. The maximum Gasteiger partial charge on any atom is 0.417 e. The number of nitrogens with one attached hydrogen (secondary N) is 2. The molecule has 0 unspecified atom stereocenters. The van der Waals surface area contributed by atoms with E-state index in [0.717, 1.165) is 44.3 Å². The smallest absolute Gasteiger partial charge is 0.417 e. The minimum absolute atomic E-state index is 0. The number of hydrogen-bond acceptors (Lipinski definition) is 4. The Morgan fingerprint density at radius 2 is 1.71 bits per heavy atom. The molecule has 1 amide bonds. The lowest BCUT2D eigenvalue weighted by molar-refractivity contribution is -0.137. The molecular formula is C18H20Cl2F3N3O2. The van der Waals surface area contributed by atoms with Crippen molar-refractivity contribution in [2.45, 2.75) is 25.1 Å². The Balaban J connectivity index is 0.00000196. The van der Waals surface area contributed by atoms with E-state index >= 15 is 0 Å². The molecule has 10 heteroatoms. The maximum atomic E-state index is 12.5. The highest BCUT2D eigenvalue weighted by Gasteiger charge is 2.30. The van der Waals surface area contributed by atoms with E-state index in [2.05, 4.69) is 15.6 Å². The SMILES string of the molecule is Cl.Cl.O=C(NC1CCNCC1)c1ccc(Oc2ccc(C(F)(F)F)cn2)cc1. The summed E-state index contributed by atoms with van der Waals surface area (Å²) in [5.41, 5.74) is -0.342. The highest BCUT2D eigenvalue weighted by Crippen LogP contribution is 2.30. The summed E-state index contributed by atoms with van der Waals surface area (Å²) in [5.74, 6) is 0.275. The largest absolute Gasteiger partial charge is 0.439 e. The van der Waals surface area contributed by atoms with Crippen LogP contribution in [-0.2, 0) is 6.18 Å². The Hall–Kier alpha value is -2.03. The third-order valence-corrected chi connectivity index (χ3v) is 4.08. The number of piperidine rings is 1. The van der Waals surface area contributed by atoms with Crippen LogP contribution in [0.5, 0.6) is 11.6 Å². The van der Waals surface area contributed by atoms with E-state index in [-0.39, 0.29) is 42.6 Å². The van der Waals surface area contributed by atoms with Gasteiger partial charge in [-0.25, -0.2) is 4.98 Å². The summed E-state index contributed by atoms with van der Waals surface area (Å²) in [7, 11) is 0. The lowest BCUT2D eigenvalue weighted by atomic mass is 10.1. The van der Waals surface area contributed by atoms with E-state index < -0.39 is 11.7 Å². The molecule has 0 saturated carbocycles. The van der Waals surface area contributed by atoms with Crippen LogP contribution in [0, 0.1) is 0 Å². The number of benzene rings is 1.